The molecule has 0 N–H and O–H groups in total. The van der Waals surface area contributed by atoms with Crippen LogP contribution in [0.5, 0.6) is 0 Å². The number of anilines is 2. The molecule has 0 atom stereocenters. The normalized spacial score (nSPS) is 17.6. The topological polar surface area (TPSA) is 113 Å². The van der Waals surface area contributed by atoms with Gasteiger partial charge in [0.15, 0.2) is 5.13 Å². The second kappa shape index (κ2) is 13.5. The van der Waals surface area contributed by atoms with Crippen LogP contribution in [0.25, 0.3) is 21.3 Å². The number of esters is 1. The number of piperidine rings is 1. The van der Waals surface area contributed by atoms with E-state index in [9.17, 15) is 9.59 Å². The number of benzene rings is 1. The Labute approximate surface area is 256 Å². The Morgan fingerprint density at radius 2 is 1.81 bits per heavy atom. The maximum absolute atomic E-state index is 13.2. The summed E-state index contributed by atoms with van der Waals surface area (Å²) in [5.74, 6) is 0.510. The van der Waals surface area contributed by atoms with Crippen molar-refractivity contribution < 1.29 is 23.8 Å². The highest BCUT2D eigenvalue weighted by Crippen LogP contribution is 2.37. The second-order valence-corrected chi connectivity index (χ2v) is 12.2. The van der Waals surface area contributed by atoms with Crippen molar-refractivity contribution in [1.82, 2.24) is 24.8 Å². The highest BCUT2D eigenvalue weighted by Gasteiger charge is 2.38. The third-order valence-electron chi connectivity index (χ3n) is 8.04. The molecule has 2 amide bonds. The Bertz CT molecular complexity index is 1420. The molecular weight excluding hydrogens is 570 g/mol. The molecule has 0 saturated carbocycles. The van der Waals surface area contributed by atoms with Gasteiger partial charge in [-0.3, -0.25) is 14.6 Å². The quantitative estimate of drug-likeness (QED) is 0.231. The van der Waals surface area contributed by atoms with Crippen LogP contribution in [0.15, 0.2) is 24.5 Å². The van der Waals surface area contributed by atoms with E-state index in [0.29, 0.717) is 83.3 Å². The van der Waals surface area contributed by atoms with E-state index in [1.54, 1.807) is 16.9 Å². The third-order valence-corrected chi connectivity index (χ3v) is 9.21. The molecule has 0 unspecified atom stereocenters. The summed E-state index contributed by atoms with van der Waals surface area (Å²) in [6.45, 7) is 10.6. The van der Waals surface area contributed by atoms with Crippen LogP contribution in [0.4, 0.5) is 15.9 Å². The molecule has 2 aliphatic rings. The number of hydrogen-bond acceptors (Lipinski definition) is 11. The highest BCUT2D eigenvalue weighted by molar-refractivity contribution is 7.22. The van der Waals surface area contributed by atoms with Gasteiger partial charge in [-0.15, -0.1) is 0 Å². The molecule has 2 fully saturated rings. The molecule has 0 radical (unpaired) electrons. The Morgan fingerprint density at radius 1 is 1.07 bits per heavy atom. The van der Waals surface area contributed by atoms with Gasteiger partial charge in [-0.1, -0.05) is 11.3 Å². The third kappa shape index (κ3) is 6.74. The van der Waals surface area contributed by atoms with Crippen molar-refractivity contribution in [2.75, 3.05) is 76.7 Å². The fourth-order valence-corrected chi connectivity index (χ4v) is 6.42. The minimum atomic E-state index is -0.473. The second-order valence-electron chi connectivity index (χ2n) is 11.3. The molecule has 3 aromatic rings. The predicted octanol–water partition coefficient (Wildman–Crippen LogP) is 4.19. The molecular formula is C30H41N7O5S. The zero-order chi connectivity index (χ0) is 30.6. The van der Waals surface area contributed by atoms with Crippen LogP contribution in [-0.4, -0.2) is 104 Å². The van der Waals surface area contributed by atoms with Crippen LogP contribution >= 0.6 is 11.3 Å². The van der Waals surface area contributed by atoms with E-state index in [1.807, 2.05) is 46.3 Å². The van der Waals surface area contributed by atoms with Gasteiger partial charge in [0.25, 0.3) is 0 Å². The maximum Gasteiger partial charge on any atom is 0.328 e. The lowest BCUT2D eigenvalue weighted by atomic mass is 9.80. The summed E-state index contributed by atoms with van der Waals surface area (Å²) in [5.41, 5.74) is 3.09. The summed E-state index contributed by atoms with van der Waals surface area (Å²) in [7, 11) is 3.64. The van der Waals surface area contributed by atoms with E-state index in [2.05, 4.69) is 25.8 Å². The Balaban J connectivity index is 1.39. The zero-order valence-corrected chi connectivity index (χ0v) is 26.5. The number of amides is 2. The fraction of sp³-hybridized carbons (Fsp3) is 0.567. The van der Waals surface area contributed by atoms with Crippen LogP contribution in [0.2, 0.25) is 0 Å². The summed E-state index contributed by atoms with van der Waals surface area (Å²) < 4.78 is 17.3. The molecule has 2 aliphatic heterocycles. The zero-order valence-electron chi connectivity index (χ0n) is 25.7. The molecule has 0 spiro atoms. The number of aromatic nitrogens is 3. The van der Waals surface area contributed by atoms with Crippen molar-refractivity contribution >= 4 is 44.6 Å². The molecule has 232 valence electrons. The van der Waals surface area contributed by atoms with Crippen molar-refractivity contribution in [1.29, 1.82) is 0 Å². The number of carbonyl (C=O) groups excluding carboxylic acids is 2. The van der Waals surface area contributed by atoms with Gasteiger partial charge in [-0.05, 0) is 63.9 Å². The molecule has 1 aromatic carbocycles. The van der Waals surface area contributed by atoms with Crippen molar-refractivity contribution in [3.05, 3.63) is 30.1 Å². The van der Waals surface area contributed by atoms with Crippen LogP contribution in [0.1, 0.15) is 39.2 Å². The van der Waals surface area contributed by atoms with Crippen LogP contribution in [-0.2, 0) is 25.6 Å². The monoisotopic (exact) mass is 611 g/mol. The largest absolute Gasteiger partial charge is 0.466 e. The van der Waals surface area contributed by atoms with Crippen LogP contribution in [0, 0.1) is 5.41 Å². The van der Waals surface area contributed by atoms with Gasteiger partial charge in [0, 0.05) is 44.7 Å². The van der Waals surface area contributed by atoms with Gasteiger partial charge in [0.2, 0.25) is 5.95 Å². The lowest BCUT2D eigenvalue weighted by Crippen LogP contribution is -2.56. The predicted molar refractivity (Wildman–Crippen MR) is 166 cm³/mol. The maximum atomic E-state index is 13.2. The number of fused-ring (bicyclic) bond motifs is 1. The number of ether oxygens (including phenoxy) is 3. The average Bonchev–Trinajstić information content (AvgIpc) is 3.45. The van der Waals surface area contributed by atoms with Gasteiger partial charge in [0.05, 0.1) is 55.4 Å². The summed E-state index contributed by atoms with van der Waals surface area (Å²) >= 11 is 1.50. The van der Waals surface area contributed by atoms with E-state index < -0.39 is 5.41 Å². The molecule has 2 saturated heterocycles. The van der Waals surface area contributed by atoms with Crippen molar-refractivity contribution in [2.24, 2.45) is 5.41 Å². The molecule has 0 aliphatic carbocycles. The van der Waals surface area contributed by atoms with Crippen molar-refractivity contribution in [3.63, 3.8) is 0 Å². The summed E-state index contributed by atoms with van der Waals surface area (Å²) in [5, 5.41) is 0.659. The smallest absolute Gasteiger partial charge is 0.328 e. The molecule has 0 bridgehead atoms. The van der Waals surface area contributed by atoms with Crippen molar-refractivity contribution in [3.8, 4) is 11.1 Å². The van der Waals surface area contributed by atoms with Gasteiger partial charge < -0.3 is 24.0 Å². The number of carbonyl (C=O) groups is 2. The molecule has 13 heteroatoms. The van der Waals surface area contributed by atoms with Gasteiger partial charge in [0.1, 0.15) is 0 Å². The first-order valence-electron chi connectivity index (χ1n) is 14.8. The molecule has 43 heavy (non-hydrogen) atoms. The van der Waals surface area contributed by atoms with Crippen molar-refractivity contribution in [2.45, 2.75) is 40.2 Å². The number of thiazole rings is 1. The Hall–Kier alpha value is -3.39. The van der Waals surface area contributed by atoms with Crippen LogP contribution < -0.4 is 9.80 Å². The fourth-order valence-electron chi connectivity index (χ4n) is 5.39. The lowest BCUT2D eigenvalue weighted by Gasteiger charge is -2.38. The number of urea groups is 1. The summed E-state index contributed by atoms with van der Waals surface area (Å²) in [6.07, 6.45) is 5.04. The first-order chi connectivity index (χ1) is 20.8. The molecule has 2 aromatic heterocycles. The standard InChI is InChI=1S/C30H41N7O5S/c1-6-35-19-34(4)20-37(29(35)39)28-33-24-15-21(14-22(25(24)43-28)18-41-13-12-40-5)23-16-31-27(32-17-23)36-10-8-30(3,9-11-36)26(38)42-7-2/h14-17H,6-13,18-20H2,1-5H3. The van der Waals surface area contributed by atoms with E-state index in [-0.39, 0.29) is 12.0 Å². The first kappa shape index (κ1) is 31.0. The number of hydrogen-bond donors (Lipinski definition) is 0. The number of nitrogens with zero attached hydrogens (tertiary/aromatic N) is 7. The molecule has 4 heterocycles. The van der Waals surface area contributed by atoms with E-state index in [0.717, 1.165) is 26.9 Å². The Morgan fingerprint density at radius 3 is 2.49 bits per heavy atom. The van der Waals surface area contributed by atoms with E-state index in [1.165, 1.54) is 11.3 Å². The molecule has 5 rings (SSSR count). The Kier molecular flexibility index (Phi) is 9.75. The minimum absolute atomic E-state index is 0.0398. The summed E-state index contributed by atoms with van der Waals surface area (Å²) in [4.78, 5) is 47.6. The number of methoxy groups -OCH3 is 1. The van der Waals surface area contributed by atoms with Gasteiger partial charge in [-0.25, -0.2) is 19.7 Å². The number of rotatable bonds is 11. The molecule has 12 nitrogen and oxygen atoms in total. The van der Waals surface area contributed by atoms with Crippen LogP contribution in [0.3, 0.4) is 0 Å². The highest BCUT2D eigenvalue weighted by atomic mass is 32.1. The average molecular weight is 612 g/mol. The SMILES string of the molecule is CCOC(=O)C1(C)CCN(c2ncc(-c3cc(COCCOC)c4sc(N5CN(C)CN(CC)C5=O)nc4c3)cn2)CC1. The van der Waals surface area contributed by atoms with E-state index in [4.69, 9.17) is 19.2 Å². The first-order valence-corrected chi connectivity index (χ1v) is 15.6. The minimum Gasteiger partial charge on any atom is -0.466 e. The summed E-state index contributed by atoms with van der Waals surface area (Å²) in [6, 6.07) is 4.07. The van der Waals surface area contributed by atoms with Gasteiger partial charge >= 0.3 is 12.0 Å². The van der Waals surface area contributed by atoms with E-state index >= 15 is 0 Å². The lowest BCUT2D eigenvalue weighted by molar-refractivity contribution is -0.155. The van der Waals surface area contributed by atoms with Gasteiger partial charge in [-0.2, -0.15) is 0 Å².